The van der Waals surface area contributed by atoms with Crippen LogP contribution in [0.3, 0.4) is 0 Å². The molecule has 5 heteroatoms. The third-order valence-corrected chi connectivity index (χ3v) is 8.40. The lowest BCUT2D eigenvalue weighted by atomic mass is 9.95. The van der Waals surface area contributed by atoms with Gasteiger partial charge in [0.2, 0.25) is 0 Å². The second-order valence-corrected chi connectivity index (χ2v) is 11.0. The Balaban J connectivity index is 1.35. The molecule has 0 saturated heterocycles. The van der Waals surface area contributed by atoms with Crippen molar-refractivity contribution in [2.75, 3.05) is 0 Å². The average molecular weight is 577 g/mol. The maximum absolute atomic E-state index is 6.23. The van der Waals surface area contributed by atoms with Crippen LogP contribution in [0.15, 0.2) is 150 Å². The standard InChI is InChI=1S/C40H24N4O/c1-2-11-25(12-3-1)27-16-7-18-29-28(27)17-8-19-30(29)38-42-39(32-20-9-23-35-36(32)31-15-4-5-22-34(31)45-35)44-40(43-38)33-21-6-13-26-14-10-24-41-37(26)33/h1-24H. The second-order valence-electron chi connectivity index (χ2n) is 11.0. The second kappa shape index (κ2) is 10.2. The Hall–Kier alpha value is -6.20. The number of hydrogen-bond acceptors (Lipinski definition) is 5. The van der Waals surface area contributed by atoms with E-state index in [2.05, 4.69) is 84.9 Å². The van der Waals surface area contributed by atoms with E-state index in [1.807, 2.05) is 60.8 Å². The van der Waals surface area contributed by atoms with E-state index < -0.39 is 0 Å². The Morgan fingerprint density at radius 3 is 1.84 bits per heavy atom. The lowest BCUT2D eigenvalue weighted by Gasteiger charge is -2.13. The van der Waals surface area contributed by atoms with Gasteiger partial charge in [-0.1, -0.05) is 115 Å². The number of pyridine rings is 1. The minimum Gasteiger partial charge on any atom is -0.456 e. The summed E-state index contributed by atoms with van der Waals surface area (Å²) in [5.41, 5.74) is 7.48. The van der Waals surface area contributed by atoms with Gasteiger partial charge in [-0.25, -0.2) is 15.0 Å². The van der Waals surface area contributed by atoms with Crippen molar-refractivity contribution in [1.29, 1.82) is 0 Å². The Kier molecular flexibility index (Phi) is 5.74. The first-order valence-electron chi connectivity index (χ1n) is 14.9. The van der Waals surface area contributed by atoms with Crippen LogP contribution in [0.25, 0.3) is 88.9 Å². The van der Waals surface area contributed by atoms with Gasteiger partial charge >= 0.3 is 0 Å². The zero-order chi connectivity index (χ0) is 29.7. The molecule has 5 nitrogen and oxygen atoms in total. The molecule has 0 aliphatic rings. The van der Waals surface area contributed by atoms with Crippen LogP contribution in [-0.2, 0) is 0 Å². The number of aromatic nitrogens is 4. The van der Waals surface area contributed by atoms with Gasteiger partial charge in [0, 0.05) is 39.0 Å². The van der Waals surface area contributed by atoms with Crippen LogP contribution < -0.4 is 0 Å². The van der Waals surface area contributed by atoms with Gasteiger partial charge in [-0.05, 0) is 46.2 Å². The summed E-state index contributed by atoms with van der Waals surface area (Å²) >= 11 is 0. The van der Waals surface area contributed by atoms with Crippen molar-refractivity contribution >= 4 is 43.6 Å². The molecule has 0 bridgehead atoms. The van der Waals surface area contributed by atoms with Crippen LogP contribution >= 0.6 is 0 Å². The van der Waals surface area contributed by atoms with Crippen molar-refractivity contribution in [2.24, 2.45) is 0 Å². The lowest BCUT2D eigenvalue weighted by molar-refractivity contribution is 0.669. The van der Waals surface area contributed by atoms with E-state index in [1.54, 1.807) is 0 Å². The SMILES string of the molecule is c1ccc(-c2cccc3c(-c4nc(-c5cccc6cccnc56)nc(-c5cccc6oc7ccccc7c56)n4)cccc23)cc1. The fourth-order valence-corrected chi connectivity index (χ4v) is 6.36. The summed E-state index contributed by atoms with van der Waals surface area (Å²) in [6.45, 7) is 0. The van der Waals surface area contributed by atoms with E-state index in [9.17, 15) is 0 Å². The highest BCUT2D eigenvalue weighted by Gasteiger charge is 2.20. The maximum Gasteiger partial charge on any atom is 0.166 e. The van der Waals surface area contributed by atoms with Crippen LogP contribution in [-0.4, -0.2) is 19.9 Å². The number of benzene rings is 6. The van der Waals surface area contributed by atoms with Gasteiger partial charge in [-0.3, -0.25) is 4.98 Å². The molecular weight excluding hydrogens is 552 g/mol. The predicted molar refractivity (Wildman–Crippen MR) is 182 cm³/mol. The molecule has 0 amide bonds. The van der Waals surface area contributed by atoms with Crippen LogP contribution in [0.2, 0.25) is 0 Å². The topological polar surface area (TPSA) is 64.7 Å². The fourth-order valence-electron chi connectivity index (χ4n) is 6.36. The number of furan rings is 1. The fraction of sp³-hybridized carbons (Fsp3) is 0. The number of fused-ring (bicyclic) bond motifs is 5. The highest BCUT2D eigenvalue weighted by Crippen LogP contribution is 2.38. The maximum atomic E-state index is 6.23. The molecule has 3 heterocycles. The minimum atomic E-state index is 0.570. The van der Waals surface area contributed by atoms with Crippen molar-refractivity contribution in [3.63, 3.8) is 0 Å². The molecule has 0 saturated carbocycles. The molecule has 0 atom stereocenters. The smallest absolute Gasteiger partial charge is 0.166 e. The zero-order valence-electron chi connectivity index (χ0n) is 24.1. The molecule has 0 N–H and O–H groups in total. The molecule has 0 fully saturated rings. The van der Waals surface area contributed by atoms with E-state index in [1.165, 1.54) is 0 Å². The zero-order valence-corrected chi connectivity index (χ0v) is 24.1. The molecule has 0 aliphatic carbocycles. The largest absolute Gasteiger partial charge is 0.456 e. The monoisotopic (exact) mass is 576 g/mol. The molecule has 3 aromatic heterocycles. The Morgan fingerprint density at radius 1 is 0.400 bits per heavy atom. The van der Waals surface area contributed by atoms with Gasteiger partial charge in [-0.2, -0.15) is 0 Å². The first-order chi connectivity index (χ1) is 22.3. The van der Waals surface area contributed by atoms with Crippen molar-refractivity contribution in [1.82, 2.24) is 19.9 Å². The van der Waals surface area contributed by atoms with Gasteiger partial charge in [0.1, 0.15) is 11.2 Å². The molecule has 0 spiro atoms. The van der Waals surface area contributed by atoms with Crippen LogP contribution in [0.5, 0.6) is 0 Å². The Labute approximate surface area is 258 Å². The number of hydrogen-bond donors (Lipinski definition) is 0. The predicted octanol–water partition coefficient (Wildman–Crippen LogP) is 10.1. The highest BCUT2D eigenvalue weighted by molar-refractivity contribution is 6.12. The van der Waals surface area contributed by atoms with Crippen molar-refractivity contribution in [3.8, 4) is 45.3 Å². The molecule has 0 aliphatic heterocycles. The summed E-state index contributed by atoms with van der Waals surface area (Å²) in [6, 6.07) is 47.5. The lowest BCUT2D eigenvalue weighted by Crippen LogP contribution is -2.01. The van der Waals surface area contributed by atoms with Crippen LogP contribution in [0, 0.1) is 0 Å². The molecule has 210 valence electrons. The molecule has 9 rings (SSSR count). The Bertz CT molecular complexity index is 2550. The number of rotatable bonds is 4. The van der Waals surface area contributed by atoms with Crippen molar-refractivity contribution in [3.05, 3.63) is 146 Å². The molecule has 6 aromatic carbocycles. The normalized spacial score (nSPS) is 11.6. The highest BCUT2D eigenvalue weighted by atomic mass is 16.3. The van der Waals surface area contributed by atoms with Gasteiger partial charge in [0.15, 0.2) is 17.5 Å². The minimum absolute atomic E-state index is 0.570. The third-order valence-electron chi connectivity index (χ3n) is 8.40. The van der Waals surface area contributed by atoms with E-state index in [-0.39, 0.29) is 0 Å². The number of nitrogens with zero attached hydrogens (tertiary/aromatic N) is 4. The molecular formula is C40H24N4O. The van der Waals surface area contributed by atoms with Crippen LogP contribution in [0.1, 0.15) is 0 Å². The summed E-state index contributed by atoms with van der Waals surface area (Å²) in [7, 11) is 0. The molecule has 9 aromatic rings. The summed E-state index contributed by atoms with van der Waals surface area (Å²) in [4.78, 5) is 20.2. The van der Waals surface area contributed by atoms with Crippen molar-refractivity contribution < 1.29 is 4.42 Å². The van der Waals surface area contributed by atoms with E-state index in [4.69, 9.17) is 24.4 Å². The summed E-state index contributed by atoms with van der Waals surface area (Å²) in [5.74, 6) is 1.75. The molecule has 0 radical (unpaired) electrons. The van der Waals surface area contributed by atoms with E-state index in [0.717, 1.165) is 71.4 Å². The first-order valence-corrected chi connectivity index (χ1v) is 14.9. The van der Waals surface area contributed by atoms with Gasteiger partial charge < -0.3 is 4.42 Å². The summed E-state index contributed by atoms with van der Waals surface area (Å²) < 4.78 is 6.23. The molecule has 0 unspecified atom stereocenters. The van der Waals surface area contributed by atoms with Gasteiger partial charge in [0.25, 0.3) is 0 Å². The quantitative estimate of drug-likeness (QED) is 0.209. The third kappa shape index (κ3) is 4.17. The van der Waals surface area contributed by atoms with Crippen molar-refractivity contribution in [2.45, 2.75) is 0 Å². The van der Waals surface area contributed by atoms with Gasteiger partial charge in [0.05, 0.1) is 5.52 Å². The molecule has 45 heavy (non-hydrogen) atoms. The van der Waals surface area contributed by atoms with E-state index >= 15 is 0 Å². The van der Waals surface area contributed by atoms with Crippen LogP contribution in [0.4, 0.5) is 0 Å². The first kappa shape index (κ1) is 25.3. The average Bonchev–Trinajstić information content (AvgIpc) is 3.50. The van der Waals surface area contributed by atoms with E-state index in [0.29, 0.717) is 17.5 Å². The van der Waals surface area contributed by atoms with Gasteiger partial charge in [-0.15, -0.1) is 0 Å². The Morgan fingerprint density at radius 2 is 0.978 bits per heavy atom. The number of para-hydroxylation sites is 2. The summed E-state index contributed by atoms with van der Waals surface area (Å²) in [5, 5.41) is 5.25. The summed E-state index contributed by atoms with van der Waals surface area (Å²) in [6.07, 6.45) is 1.81.